The number of rotatable bonds is 2. The van der Waals surface area contributed by atoms with E-state index in [1.165, 1.54) is 4.90 Å². The smallest absolute Gasteiger partial charge is 0.407 e. The summed E-state index contributed by atoms with van der Waals surface area (Å²) < 4.78 is 0. The first-order chi connectivity index (χ1) is 9.11. The third-order valence-corrected chi connectivity index (χ3v) is 3.51. The maximum Gasteiger partial charge on any atom is 0.407 e. The third-order valence-electron chi connectivity index (χ3n) is 3.51. The van der Waals surface area contributed by atoms with E-state index in [0.717, 1.165) is 31.7 Å². The Balaban J connectivity index is 1.96. The zero-order chi connectivity index (χ0) is 13.8. The molecule has 0 saturated carbocycles. The summed E-state index contributed by atoms with van der Waals surface area (Å²) in [5.74, 6) is 0.843. The van der Waals surface area contributed by atoms with Crippen molar-refractivity contribution in [1.29, 1.82) is 5.26 Å². The Kier molecular flexibility index (Phi) is 3.85. The lowest BCUT2D eigenvalue weighted by molar-refractivity contribution is 0.131. The fourth-order valence-corrected chi connectivity index (χ4v) is 2.28. The van der Waals surface area contributed by atoms with Crippen molar-refractivity contribution in [3.05, 3.63) is 23.9 Å². The molecule has 1 fully saturated rings. The van der Waals surface area contributed by atoms with Gasteiger partial charge in [0.2, 0.25) is 0 Å². The van der Waals surface area contributed by atoms with Gasteiger partial charge >= 0.3 is 6.09 Å². The number of aromatic nitrogens is 1. The van der Waals surface area contributed by atoms with Gasteiger partial charge < -0.3 is 14.9 Å². The molecular formula is C13H16N4O2. The van der Waals surface area contributed by atoms with Crippen LogP contribution in [-0.2, 0) is 0 Å². The lowest BCUT2D eigenvalue weighted by Crippen LogP contribution is -2.45. The molecule has 0 radical (unpaired) electrons. The minimum Gasteiger partial charge on any atom is -0.465 e. The Morgan fingerprint density at radius 2 is 2.21 bits per heavy atom. The molecule has 0 atom stereocenters. The van der Waals surface area contributed by atoms with Crippen molar-refractivity contribution >= 4 is 11.9 Å². The van der Waals surface area contributed by atoms with E-state index in [4.69, 9.17) is 10.4 Å². The molecule has 1 aliphatic heterocycles. The van der Waals surface area contributed by atoms with Crippen LogP contribution in [0.25, 0.3) is 0 Å². The Bertz CT molecular complexity index is 486. The summed E-state index contributed by atoms with van der Waals surface area (Å²) in [6.07, 6.45) is 2.27. The zero-order valence-electron chi connectivity index (χ0n) is 10.8. The number of anilines is 1. The average Bonchev–Trinajstić information content (AvgIpc) is 2.46. The van der Waals surface area contributed by atoms with Crippen molar-refractivity contribution in [2.45, 2.75) is 18.9 Å². The number of piperidine rings is 1. The van der Waals surface area contributed by atoms with E-state index in [1.54, 1.807) is 19.3 Å². The van der Waals surface area contributed by atoms with Crippen LogP contribution in [0.2, 0.25) is 0 Å². The number of pyridine rings is 1. The zero-order valence-corrected chi connectivity index (χ0v) is 10.8. The summed E-state index contributed by atoms with van der Waals surface area (Å²) in [5, 5.41) is 17.7. The lowest BCUT2D eigenvalue weighted by atomic mass is 10.0. The third kappa shape index (κ3) is 2.94. The fourth-order valence-electron chi connectivity index (χ4n) is 2.28. The molecule has 100 valence electrons. The molecule has 1 aromatic rings. The molecule has 6 nitrogen and oxygen atoms in total. The van der Waals surface area contributed by atoms with Gasteiger partial charge in [-0.1, -0.05) is 0 Å². The first-order valence-corrected chi connectivity index (χ1v) is 6.18. The predicted molar refractivity (Wildman–Crippen MR) is 70.0 cm³/mol. The van der Waals surface area contributed by atoms with Gasteiger partial charge in [-0.2, -0.15) is 5.26 Å². The van der Waals surface area contributed by atoms with E-state index in [-0.39, 0.29) is 6.04 Å². The largest absolute Gasteiger partial charge is 0.465 e. The first-order valence-electron chi connectivity index (χ1n) is 6.18. The topological polar surface area (TPSA) is 80.5 Å². The molecule has 1 aliphatic rings. The molecule has 6 heteroatoms. The first kappa shape index (κ1) is 13.1. The lowest BCUT2D eigenvalue weighted by Gasteiger charge is -2.36. The minimum absolute atomic E-state index is 0.0760. The van der Waals surface area contributed by atoms with Gasteiger partial charge in [0.1, 0.15) is 11.9 Å². The molecule has 19 heavy (non-hydrogen) atoms. The van der Waals surface area contributed by atoms with Crippen LogP contribution in [0.5, 0.6) is 0 Å². The molecule has 1 aromatic heterocycles. The Morgan fingerprint density at radius 3 is 2.68 bits per heavy atom. The van der Waals surface area contributed by atoms with Crippen LogP contribution < -0.4 is 4.90 Å². The quantitative estimate of drug-likeness (QED) is 0.872. The van der Waals surface area contributed by atoms with Crippen molar-refractivity contribution in [2.24, 2.45) is 0 Å². The van der Waals surface area contributed by atoms with Gasteiger partial charge in [0.25, 0.3) is 0 Å². The highest BCUT2D eigenvalue weighted by Crippen LogP contribution is 2.20. The van der Waals surface area contributed by atoms with Crippen LogP contribution in [0.4, 0.5) is 10.6 Å². The summed E-state index contributed by atoms with van der Waals surface area (Å²) in [4.78, 5) is 18.6. The minimum atomic E-state index is -0.880. The fraction of sp³-hybridized carbons (Fsp3) is 0.462. The molecule has 2 heterocycles. The molecule has 0 aromatic carbocycles. The van der Waals surface area contributed by atoms with Crippen molar-refractivity contribution < 1.29 is 9.90 Å². The maximum atomic E-state index is 10.9. The second-order valence-corrected chi connectivity index (χ2v) is 4.63. The van der Waals surface area contributed by atoms with E-state index in [0.29, 0.717) is 5.56 Å². The highest BCUT2D eigenvalue weighted by Gasteiger charge is 2.25. The van der Waals surface area contributed by atoms with Crippen LogP contribution in [-0.4, -0.2) is 47.3 Å². The monoisotopic (exact) mass is 260 g/mol. The Morgan fingerprint density at radius 1 is 1.53 bits per heavy atom. The van der Waals surface area contributed by atoms with E-state index in [1.807, 2.05) is 12.1 Å². The van der Waals surface area contributed by atoms with Gasteiger partial charge in [-0.05, 0) is 25.0 Å². The molecule has 0 bridgehead atoms. The molecule has 0 unspecified atom stereocenters. The SMILES string of the molecule is CN(C(=O)O)C1CCN(c2ccc(C#N)cn2)CC1. The summed E-state index contributed by atoms with van der Waals surface area (Å²) >= 11 is 0. The highest BCUT2D eigenvalue weighted by molar-refractivity contribution is 5.65. The van der Waals surface area contributed by atoms with Crippen LogP contribution >= 0.6 is 0 Å². The van der Waals surface area contributed by atoms with Crippen molar-refractivity contribution in [3.63, 3.8) is 0 Å². The molecule has 1 amide bonds. The molecule has 1 N–H and O–H groups in total. The highest BCUT2D eigenvalue weighted by atomic mass is 16.4. The maximum absolute atomic E-state index is 10.9. The Hall–Kier alpha value is -2.29. The number of carboxylic acid groups (broad SMARTS) is 1. The summed E-state index contributed by atoms with van der Waals surface area (Å²) in [5.41, 5.74) is 0.546. The summed E-state index contributed by atoms with van der Waals surface area (Å²) in [6, 6.07) is 5.70. The number of nitrogens with zero attached hydrogens (tertiary/aromatic N) is 4. The van der Waals surface area contributed by atoms with Gasteiger partial charge in [-0.3, -0.25) is 0 Å². The van der Waals surface area contributed by atoms with Gasteiger partial charge in [-0.15, -0.1) is 0 Å². The number of hydrogen-bond donors (Lipinski definition) is 1. The van der Waals surface area contributed by atoms with Crippen LogP contribution in [0.15, 0.2) is 18.3 Å². The second kappa shape index (κ2) is 5.57. The normalized spacial score (nSPS) is 15.9. The standard InChI is InChI=1S/C13H16N4O2/c1-16(13(18)19)11-4-6-17(7-5-11)12-3-2-10(8-14)9-15-12/h2-3,9,11H,4-7H2,1H3,(H,18,19). The Labute approximate surface area is 111 Å². The van der Waals surface area contributed by atoms with Crippen molar-refractivity contribution in [1.82, 2.24) is 9.88 Å². The van der Waals surface area contributed by atoms with Gasteiger partial charge in [-0.25, -0.2) is 9.78 Å². The molecule has 2 rings (SSSR count). The predicted octanol–water partition coefficient (Wildman–Crippen LogP) is 1.53. The van der Waals surface area contributed by atoms with E-state index >= 15 is 0 Å². The molecule has 1 saturated heterocycles. The van der Waals surface area contributed by atoms with E-state index < -0.39 is 6.09 Å². The summed E-state index contributed by atoms with van der Waals surface area (Å²) in [7, 11) is 1.61. The van der Waals surface area contributed by atoms with Crippen molar-refractivity contribution in [2.75, 3.05) is 25.0 Å². The second-order valence-electron chi connectivity index (χ2n) is 4.63. The van der Waals surface area contributed by atoms with E-state index in [2.05, 4.69) is 9.88 Å². The van der Waals surface area contributed by atoms with Gasteiger partial charge in [0, 0.05) is 32.4 Å². The van der Waals surface area contributed by atoms with Gasteiger partial charge in [0.05, 0.1) is 5.56 Å². The number of hydrogen-bond acceptors (Lipinski definition) is 4. The van der Waals surface area contributed by atoms with E-state index in [9.17, 15) is 4.79 Å². The van der Waals surface area contributed by atoms with Crippen LogP contribution in [0.1, 0.15) is 18.4 Å². The number of carbonyl (C=O) groups is 1. The summed E-state index contributed by atoms with van der Waals surface area (Å²) in [6.45, 7) is 1.56. The van der Waals surface area contributed by atoms with Crippen LogP contribution in [0, 0.1) is 11.3 Å². The van der Waals surface area contributed by atoms with Crippen LogP contribution in [0.3, 0.4) is 0 Å². The molecular weight excluding hydrogens is 244 g/mol. The number of amides is 1. The molecule has 0 aliphatic carbocycles. The molecule has 0 spiro atoms. The number of nitriles is 1. The van der Waals surface area contributed by atoms with Gasteiger partial charge in [0.15, 0.2) is 0 Å². The average molecular weight is 260 g/mol. The van der Waals surface area contributed by atoms with Crippen molar-refractivity contribution in [3.8, 4) is 6.07 Å².